The number of hydrogen-bond donors (Lipinski definition) is 2. The molecule has 8 nitrogen and oxygen atoms in total. The van der Waals surface area contributed by atoms with Crippen LogP contribution in [0, 0.1) is 0 Å². The largest absolute Gasteiger partial charge is 0.461 e. The van der Waals surface area contributed by atoms with Crippen molar-refractivity contribution in [2.75, 3.05) is 43.2 Å². The maximum atomic E-state index is 5.52. The van der Waals surface area contributed by atoms with Crippen LogP contribution in [-0.4, -0.2) is 47.9 Å². The minimum absolute atomic E-state index is 0.277. The smallest absolute Gasteiger partial charge is 0.323 e. The van der Waals surface area contributed by atoms with E-state index in [1.165, 1.54) is 0 Å². The molecule has 0 aromatic carbocycles. The number of hydrazine groups is 1. The van der Waals surface area contributed by atoms with Crippen molar-refractivity contribution in [2.45, 2.75) is 32.6 Å². The van der Waals surface area contributed by atoms with Gasteiger partial charge in [0.1, 0.15) is 6.61 Å². The highest BCUT2D eigenvalue weighted by atomic mass is 16.5. The van der Waals surface area contributed by atoms with Crippen LogP contribution in [0.3, 0.4) is 0 Å². The Bertz CT molecular complexity index is 425. The Morgan fingerprint density at radius 3 is 2.67 bits per heavy atom. The van der Waals surface area contributed by atoms with Crippen molar-refractivity contribution >= 4 is 11.9 Å². The second-order valence-corrected chi connectivity index (χ2v) is 4.89. The molecule has 0 saturated carbocycles. The standard InChI is InChI=1S/C13H24N6O2/c1-2-3-8-20-9-10-21-13-16-11(18-14)15-12(17-13)19-6-4-5-7-19/h2-10,14H2,1H3,(H,15,16,17,18). The average molecular weight is 296 g/mol. The topological polar surface area (TPSA) is 98.4 Å². The first-order valence-corrected chi connectivity index (χ1v) is 7.51. The highest BCUT2D eigenvalue weighted by molar-refractivity contribution is 5.38. The number of aromatic nitrogens is 3. The maximum absolute atomic E-state index is 5.52. The number of unbranched alkanes of at least 4 members (excludes halogenated alkanes) is 1. The van der Waals surface area contributed by atoms with E-state index >= 15 is 0 Å². The Morgan fingerprint density at radius 2 is 1.95 bits per heavy atom. The van der Waals surface area contributed by atoms with Crippen LogP contribution in [0.2, 0.25) is 0 Å². The lowest BCUT2D eigenvalue weighted by atomic mass is 10.4. The van der Waals surface area contributed by atoms with Crippen molar-refractivity contribution in [1.82, 2.24) is 15.0 Å². The lowest BCUT2D eigenvalue weighted by Gasteiger charge is -2.16. The number of nitrogens with one attached hydrogen (secondary N) is 1. The van der Waals surface area contributed by atoms with E-state index in [0.717, 1.165) is 45.4 Å². The molecule has 2 heterocycles. The predicted molar refractivity (Wildman–Crippen MR) is 80.3 cm³/mol. The lowest BCUT2D eigenvalue weighted by Crippen LogP contribution is -2.23. The number of hydrogen-bond acceptors (Lipinski definition) is 8. The van der Waals surface area contributed by atoms with E-state index in [2.05, 4.69) is 32.2 Å². The molecule has 0 bridgehead atoms. The summed E-state index contributed by atoms with van der Waals surface area (Å²) in [5.41, 5.74) is 2.45. The summed E-state index contributed by atoms with van der Waals surface area (Å²) in [6.45, 7) is 5.73. The number of nitrogens with two attached hydrogens (primary N) is 1. The minimum Gasteiger partial charge on any atom is -0.461 e. The number of nitrogen functional groups attached to an aromatic ring is 1. The van der Waals surface area contributed by atoms with Crippen LogP contribution >= 0.6 is 0 Å². The van der Waals surface area contributed by atoms with Crippen molar-refractivity contribution in [3.63, 3.8) is 0 Å². The number of anilines is 2. The van der Waals surface area contributed by atoms with Crippen molar-refractivity contribution in [2.24, 2.45) is 5.84 Å². The third-order valence-electron chi connectivity index (χ3n) is 3.22. The van der Waals surface area contributed by atoms with Crippen LogP contribution in [-0.2, 0) is 4.74 Å². The van der Waals surface area contributed by atoms with Crippen molar-refractivity contribution in [1.29, 1.82) is 0 Å². The van der Waals surface area contributed by atoms with Crippen molar-refractivity contribution < 1.29 is 9.47 Å². The monoisotopic (exact) mass is 296 g/mol. The Labute approximate surface area is 125 Å². The summed E-state index contributed by atoms with van der Waals surface area (Å²) in [6, 6.07) is 0.277. The van der Waals surface area contributed by atoms with Gasteiger partial charge in [-0.2, -0.15) is 15.0 Å². The molecule has 1 aliphatic rings. The first-order chi connectivity index (χ1) is 10.3. The molecule has 2 rings (SSSR count). The number of ether oxygens (including phenoxy) is 2. The molecule has 21 heavy (non-hydrogen) atoms. The van der Waals surface area contributed by atoms with E-state index in [-0.39, 0.29) is 6.01 Å². The highest BCUT2D eigenvalue weighted by Crippen LogP contribution is 2.19. The van der Waals surface area contributed by atoms with Crippen molar-refractivity contribution in [3.05, 3.63) is 0 Å². The van der Waals surface area contributed by atoms with E-state index in [0.29, 0.717) is 25.1 Å². The normalized spacial score (nSPS) is 14.5. The minimum atomic E-state index is 0.277. The molecular formula is C13H24N6O2. The van der Waals surface area contributed by atoms with Gasteiger partial charge < -0.3 is 14.4 Å². The Kier molecular flexibility index (Phi) is 6.42. The fourth-order valence-corrected chi connectivity index (χ4v) is 2.07. The molecule has 1 saturated heterocycles. The molecule has 0 unspecified atom stereocenters. The van der Waals surface area contributed by atoms with Crippen LogP contribution in [0.1, 0.15) is 32.6 Å². The van der Waals surface area contributed by atoms with Crippen LogP contribution in [0.15, 0.2) is 0 Å². The lowest BCUT2D eigenvalue weighted by molar-refractivity contribution is 0.0948. The third kappa shape index (κ3) is 4.98. The third-order valence-corrected chi connectivity index (χ3v) is 3.22. The fourth-order valence-electron chi connectivity index (χ4n) is 2.07. The molecule has 8 heteroatoms. The molecule has 1 aromatic rings. The summed E-state index contributed by atoms with van der Waals surface area (Å²) in [6.07, 6.45) is 4.49. The second kappa shape index (κ2) is 8.58. The molecule has 0 atom stereocenters. The summed E-state index contributed by atoms with van der Waals surface area (Å²) in [5.74, 6) is 6.32. The molecule has 3 N–H and O–H groups in total. The first-order valence-electron chi connectivity index (χ1n) is 7.51. The van der Waals surface area contributed by atoms with E-state index in [1.54, 1.807) is 0 Å². The van der Waals surface area contributed by atoms with E-state index < -0.39 is 0 Å². The van der Waals surface area contributed by atoms with Gasteiger partial charge in [-0.25, -0.2) is 5.84 Å². The molecule has 1 fully saturated rings. The van der Waals surface area contributed by atoms with Gasteiger partial charge in [0.25, 0.3) is 0 Å². The Hall–Kier alpha value is -1.67. The Balaban J connectivity index is 1.87. The summed E-state index contributed by atoms with van der Waals surface area (Å²) >= 11 is 0. The van der Waals surface area contributed by atoms with Gasteiger partial charge in [0, 0.05) is 19.7 Å². The summed E-state index contributed by atoms with van der Waals surface area (Å²) in [4.78, 5) is 14.8. The van der Waals surface area contributed by atoms with Crippen molar-refractivity contribution in [3.8, 4) is 6.01 Å². The molecule has 118 valence electrons. The SMILES string of the molecule is CCCCOCCOc1nc(NN)nc(N2CCCC2)n1. The average Bonchev–Trinajstić information content (AvgIpc) is 3.05. The van der Waals surface area contributed by atoms with Crippen LogP contribution in [0.25, 0.3) is 0 Å². The van der Waals surface area contributed by atoms with Crippen LogP contribution in [0.5, 0.6) is 6.01 Å². The summed E-state index contributed by atoms with van der Waals surface area (Å²) in [5, 5.41) is 0. The molecule has 0 spiro atoms. The number of nitrogens with zero attached hydrogens (tertiary/aromatic N) is 4. The maximum Gasteiger partial charge on any atom is 0.323 e. The summed E-state index contributed by atoms with van der Waals surface area (Å²) in [7, 11) is 0. The van der Waals surface area contributed by atoms with Gasteiger partial charge in [-0.3, -0.25) is 5.43 Å². The zero-order valence-corrected chi connectivity index (χ0v) is 12.5. The molecule has 0 radical (unpaired) electrons. The van der Waals surface area contributed by atoms with E-state index in [1.807, 2.05) is 0 Å². The molecular weight excluding hydrogens is 272 g/mol. The van der Waals surface area contributed by atoms with Gasteiger partial charge in [-0.1, -0.05) is 13.3 Å². The zero-order valence-electron chi connectivity index (χ0n) is 12.5. The van der Waals surface area contributed by atoms with Gasteiger partial charge >= 0.3 is 6.01 Å². The Morgan fingerprint density at radius 1 is 1.14 bits per heavy atom. The molecule has 0 amide bonds. The van der Waals surface area contributed by atoms with Gasteiger partial charge in [-0.15, -0.1) is 0 Å². The molecule has 1 aromatic heterocycles. The van der Waals surface area contributed by atoms with Crippen LogP contribution < -0.4 is 20.9 Å². The second-order valence-electron chi connectivity index (χ2n) is 4.89. The number of rotatable bonds is 9. The fraction of sp³-hybridized carbons (Fsp3) is 0.769. The zero-order chi connectivity index (χ0) is 14.9. The first kappa shape index (κ1) is 15.7. The van der Waals surface area contributed by atoms with Gasteiger partial charge in [-0.05, 0) is 19.3 Å². The van der Waals surface area contributed by atoms with Crippen LogP contribution in [0.4, 0.5) is 11.9 Å². The van der Waals surface area contributed by atoms with Gasteiger partial charge in [0.2, 0.25) is 11.9 Å². The van der Waals surface area contributed by atoms with E-state index in [4.69, 9.17) is 15.3 Å². The summed E-state index contributed by atoms with van der Waals surface area (Å²) < 4.78 is 11.0. The molecule has 1 aliphatic heterocycles. The molecule has 0 aliphatic carbocycles. The highest BCUT2D eigenvalue weighted by Gasteiger charge is 2.17. The van der Waals surface area contributed by atoms with E-state index in [9.17, 15) is 0 Å². The van der Waals surface area contributed by atoms with Gasteiger partial charge in [0.15, 0.2) is 0 Å². The quantitative estimate of drug-likeness (QED) is 0.395. The predicted octanol–water partition coefficient (Wildman–Crippen LogP) is 0.953. The van der Waals surface area contributed by atoms with Gasteiger partial charge in [0.05, 0.1) is 6.61 Å².